The summed E-state index contributed by atoms with van der Waals surface area (Å²) in [5.41, 5.74) is 6.70. The summed E-state index contributed by atoms with van der Waals surface area (Å²) in [6.45, 7) is 1.35. The van der Waals surface area contributed by atoms with Crippen molar-refractivity contribution in [2.24, 2.45) is 0 Å². The lowest BCUT2D eigenvalue weighted by molar-refractivity contribution is -0.144. The van der Waals surface area contributed by atoms with E-state index >= 15 is 0 Å². The van der Waals surface area contributed by atoms with E-state index in [0.717, 1.165) is 4.68 Å². The monoisotopic (exact) mass is 293 g/mol. The molecule has 0 fully saturated rings. The number of nitrogens with two attached hydrogens (primary N) is 1. The molecule has 2 rings (SSSR count). The van der Waals surface area contributed by atoms with Crippen LogP contribution >= 0.6 is 0 Å². The molecule has 0 radical (unpaired) electrons. The topological polar surface area (TPSA) is 136 Å². The van der Waals surface area contributed by atoms with Crippen LogP contribution in [0.25, 0.3) is 11.4 Å². The van der Waals surface area contributed by atoms with Crippen molar-refractivity contribution in [3.8, 4) is 17.1 Å². The van der Waals surface area contributed by atoms with Crippen LogP contribution in [0.5, 0.6) is 5.75 Å². The maximum Gasteiger partial charge on any atom is 0.331 e. The Bertz CT molecular complexity index is 655. The number of anilines is 1. The van der Waals surface area contributed by atoms with Crippen molar-refractivity contribution in [2.45, 2.75) is 19.1 Å². The molecule has 0 saturated carbocycles. The minimum absolute atomic E-state index is 0.192. The van der Waals surface area contributed by atoms with Gasteiger partial charge in [-0.15, -0.1) is 5.10 Å². The second kappa shape index (κ2) is 5.75. The third-order valence-corrected chi connectivity index (χ3v) is 2.95. The van der Waals surface area contributed by atoms with Crippen molar-refractivity contribution >= 4 is 11.7 Å². The molecule has 112 valence electrons. The number of aliphatic hydroxyl groups is 1. The van der Waals surface area contributed by atoms with Gasteiger partial charge in [0.25, 0.3) is 0 Å². The molecular weight excluding hydrogens is 278 g/mol. The molecule has 0 aliphatic rings. The molecule has 21 heavy (non-hydrogen) atoms. The van der Waals surface area contributed by atoms with E-state index in [1.807, 2.05) is 0 Å². The van der Waals surface area contributed by atoms with Crippen LogP contribution in [0.4, 0.5) is 5.69 Å². The fourth-order valence-corrected chi connectivity index (χ4v) is 1.96. The molecule has 0 spiro atoms. The zero-order valence-corrected chi connectivity index (χ0v) is 11.5. The summed E-state index contributed by atoms with van der Waals surface area (Å²) >= 11 is 0. The lowest BCUT2D eigenvalue weighted by atomic mass is 10.1. The van der Waals surface area contributed by atoms with Gasteiger partial charge in [-0.25, -0.2) is 9.48 Å². The second-order valence-corrected chi connectivity index (χ2v) is 4.43. The minimum atomic E-state index is -1.29. The highest BCUT2D eigenvalue weighted by molar-refractivity contribution is 5.74. The normalized spacial score (nSPS) is 13.7. The average Bonchev–Trinajstić information content (AvgIpc) is 2.86. The highest BCUT2D eigenvalue weighted by Gasteiger charge is 2.29. The van der Waals surface area contributed by atoms with Crippen molar-refractivity contribution in [3.05, 3.63) is 18.2 Å². The van der Waals surface area contributed by atoms with Gasteiger partial charge in [0.15, 0.2) is 11.9 Å². The maximum atomic E-state index is 11.3. The third kappa shape index (κ3) is 2.77. The summed E-state index contributed by atoms with van der Waals surface area (Å²) in [6, 6.07) is 3.56. The first-order valence-electron chi connectivity index (χ1n) is 6.08. The molecular formula is C12H15N5O4. The van der Waals surface area contributed by atoms with E-state index in [1.165, 1.54) is 14.0 Å². The molecule has 0 aliphatic heterocycles. The molecule has 2 aromatic rings. The van der Waals surface area contributed by atoms with Gasteiger partial charge in [0, 0.05) is 5.56 Å². The Balaban J connectivity index is 2.49. The van der Waals surface area contributed by atoms with Gasteiger partial charge >= 0.3 is 5.97 Å². The zero-order valence-electron chi connectivity index (χ0n) is 11.5. The summed E-state index contributed by atoms with van der Waals surface area (Å²) in [5.74, 6) is -0.555. The number of aliphatic hydroxyl groups excluding tert-OH is 1. The van der Waals surface area contributed by atoms with E-state index < -0.39 is 18.1 Å². The molecule has 0 bridgehead atoms. The number of benzene rings is 1. The van der Waals surface area contributed by atoms with Crippen LogP contribution in [-0.4, -0.2) is 49.6 Å². The summed E-state index contributed by atoms with van der Waals surface area (Å²) in [5, 5.41) is 29.7. The Hall–Kier alpha value is -2.68. The molecule has 0 amide bonds. The molecule has 0 aliphatic carbocycles. The molecule has 2 unspecified atom stereocenters. The van der Waals surface area contributed by atoms with Crippen molar-refractivity contribution in [3.63, 3.8) is 0 Å². The quantitative estimate of drug-likeness (QED) is 0.652. The standard InChI is InChI=1S/C12H15N5O4/c1-6(18)10(12(19)20)17-11(14-15-16-17)7-3-4-9(21-2)8(13)5-7/h3-6,10,18H,13H2,1-2H3,(H,19,20). The molecule has 9 nitrogen and oxygen atoms in total. The van der Waals surface area contributed by atoms with Crippen LogP contribution in [0.2, 0.25) is 0 Å². The second-order valence-electron chi connectivity index (χ2n) is 4.43. The zero-order chi connectivity index (χ0) is 15.6. The average molecular weight is 293 g/mol. The Kier molecular flexibility index (Phi) is 4.03. The number of hydrogen-bond acceptors (Lipinski definition) is 7. The van der Waals surface area contributed by atoms with Gasteiger partial charge in [-0.05, 0) is 35.5 Å². The van der Waals surface area contributed by atoms with Crippen LogP contribution in [0, 0.1) is 0 Å². The van der Waals surface area contributed by atoms with Crippen LogP contribution in [0.3, 0.4) is 0 Å². The van der Waals surface area contributed by atoms with Crippen molar-refractivity contribution in [1.29, 1.82) is 0 Å². The number of carbonyl (C=O) groups is 1. The Morgan fingerprint density at radius 2 is 2.19 bits per heavy atom. The van der Waals surface area contributed by atoms with E-state index in [1.54, 1.807) is 18.2 Å². The van der Waals surface area contributed by atoms with Gasteiger partial charge in [0.2, 0.25) is 0 Å². The van der Waals surface area contributed by atoms with Gasteiger partial charge in [0.05, 0.1) is 18.9 Å². The Morgan fingerprint density at radius 3 is 2.71 bits per heavy atom. The first-order chi connectivity index (χ1) is 9.95. The van der Waals surface area contributed by atoms with Crippen LogP contribution in [0.15, 0.2) is 18.2 Å². The number of carboxylic acids is 1. The first kappa shape index (κ1) is 14.7. The molecule has 0 saturated heterocycles. The van der Waals surface area contributed by atoms with Crippen LogP contribution < -0.4 is 10.5 Å². The predicted octanol–water partition coefficient (Wildman–Crippen LogP) is -0.0626. The number of rotatable bonds is 5. The Labute approximate surface area is 120 Å². The number of aliphatic carboxylic acids is 1. The van der Waals surface area contributed by atoms with Crippen molar-refractivity contribution in [1.82, 2.24) is 20.2 Å². The SMILES string of the molecule is COc1ccc(-c2nnnn2C(C(=O)O)C(C)O)cc1N. The number of carboxylic acid groups (broad SMARTS) is 1. The number of hydrogen-bond donors (Lipinski definition) is 3. The summed E-state index contributed by atoms with van der Waals surface area (Å²) in [7, 11) is 1.49. The van der Waals surface area contributed by atoms with E-state index in [4.69, 9.17) is 10.5 Å². The van der Waals surface area contributed by atoms with Gasteiger partial charge < -0.3 is 20.7 Å². The van der Waals surface area contributed by atoms with Gasteiger partial charge in [-0.2, -0.15) is 0 Å². The summed E-state index contributed by atoms with van der Waals surface area (Å²) in [6.07, 6.45) is -1.17. The first-order valence-corrected chi connectivity index (χ1v) is 6.08. The van der Waals surface area contributed by atoms with E-state index in [0.29, 0.717) is 17.0 Å². The number of methoxy groups -OCH3 is 1. The van der Waals surface area contributed by atoms with E-state index in [-0.39, 0.29) is 5.82 Å². The number of nitrogens with zero attached hydrogens (tertiary/aromatic N) is 4. The maximum absolute atomic E-state index is 11.3. The largest absolute Gasteiger partial charge is 0.495 e. The molecule has 9 heteroatoms. The molecule has 1 aromatic heterocycles. The number of nitrogen functional groups attached to an aromatic ring is 1. The molecule has 1 aromatic carbocycles. The minimum Gasteiger partial charge on any atom is -0.495 e. The predicted molar refractivity (Wildman–Crippen MR) is 72.6 cm³/mol. The third-order valence-electron chi connectivity index (χ3n) is 2.95. The van der Waals surface area contributed by atoms with Crippen LogP contribution in [0.1, 0.15) is 13.0 Å². The highest BCUT2D eigenvalue weighted by Crippen LogP contribution is 2.28. The smallest absolute Gasteiger partial charge is 0.331 e. The van der Waals surface area contributed by atoms with E-state index in [2.05, 4.69) is 15.5 Å². The van der Waals surface area contributed by atoms with Crippen molar-refractivity contribution < 1.29 is 19.7 Å². The molecule has 1 heterocycles. The lowest BCUT2D eigenvalue weighted by Crippen LogP contribution is -2.30. The number of aromatic nitrogens is 4. The van der Waals surface area contributed by atoms with Gasteiger partial charge in [0.1, 0.15) is 5.75 Å². The molecule has 4 N–H and O–H groups in total. The van der Waals surface area contributed by atoms with Crippen LogP contribution in [-0.2, 0) is 4.79 Å². The van der Waals surface area contributed by atoms with Crippen molar-refractivity contribution in [2.75, 3.05) is 12.8 Å². The van der Waals surface area contributed by atoms with E-state index in [9.17, 15) is 15.0 Å². The fourth-order valence-electron chi connectivity index (χ4n) is 1.96. The highest BCUT2D eigenvalue weighted by atomic mass is 16.5. The fraction of sp³-hybridized carbons (Fsp3) is 0.333. The number of ether oxygens (including phenoxy) is 1. The lowest BCUT2D eigenvalue weighted by Gasteiger charge is -2.16. The molecule has 2 atom stereocenters. The number of tetrazole rings is 1. The van der Waals surface area contributed by atoms with Gasteiger partial charge in [-0.1, -0.05) is 0 Å². The van der Waals surface area contributed by atoms with Gasteiger partial charge in [-0.3, -0.25) is 0 Å². The summed E-state index contributed by atoms with van der Waals surface area (Å²) in [4.78, 5) is 11.3. The Morgan fingerprint density at radius 1 is 1.48 bits per heavy atom. The summed E-state index contributed by atoms with van der Waals surface area (Å²) < 4.78 is 6.10.